The summed E-state index contributed by atoms with van der Waals surface area (Å²) in [6, 6.07) is 17.1. The van der Waals surface area contributed by atoms with E-state index in [0.717, 1.165) is 36.8 Å². The Hall–Kier alpha value is -1.40. The van der Waals surface area contributed by atoms with Crippen LogP contribution < -0.4 is 10.5 Å². The third kappa shape index (κ3) is 4.57. The summed E-state index contributed by atoms with van der Waals surface area (Å²) in [5.74, 6) is 0. The lowest BCUT2D eigenvalue weighted by molar-refractivity contribution is 0.373. The van der Waals surface area contributed by atoms with Gasteiger partial charge in [-0.25, -0.2) is 13.1 Å². The summed E-state index contributed by atoms with van der Waals surface area (Å²) in [5, 5.41) is 0. The lowest BCUT2D eigenvalue weighted by Crippen LogP contribution is -2.40. The van der Waals surface area contributed by atoms with Gasteiger partial charge in [0.05, 0.1) is 4.90 Å². The lowest BCUT2D eigenvalue weighted by Gasteiger charge is -2.26. The molecule has 1 saturated carbocycles. The average molecular weight is 367 g/mol. The molecule has 24 heavy (non-hydrogen) atoms. The number of nitrogens with two attached hydrogens (primary N) is 1. The van der Waals surface area contributed by atoms with Crippen LogP contribution in [0.2, 0.25) is 0 Å². The number of nitrogens with one attached hydrogen (secondary N) is 1. The van der Waals surface area contributed by atoms with Gasteiger partial charge in [0.15, 0.2) is 0 Å². The number of benzene rings is 2. The van der Waals surface area contributed by atoms with Crippen molar-refractivity contribution >= 4 is 22.4 Å². The highest BCUT2D eigenvalue weighted by atomic mass is 35.5. The summed E-state index contributed by atoms with van der Waals surface area (Å²) in [5.41, 5.74) is 7.95. The van der Waals surface area contributed by atoms with E-state index in [1.54, 1.807) is 12.1 Å². The highest BCUT2D eigenvalue weighted by Crippen LogP contribution is 2.23. The monoisotopic (exact) mass is 366 g/mol. The fourth-order valence-corrected chi connectivity index (χ4v) is 4.29. The molecule has 1 fully saturated rings. The zero-order valence-electron chi connectivity index (χ0n) is 13.4. The van der Waals surface area contributed by atoms with Crippen LogP contribution in [0.5, 0.6) is 0 Å². The number of sulfonamides is 1. The molecule has 0 saturated heterocycles. The van der Waals surface area contributed by atoms with Crippen molar-refractivity contribution in [3.63, 3.8) is 0 Å². The van der Waals surface area contributed by atoms with E-state index in [9.17, 15) is 8.42 Å². The summed E-state index contributed by atoms with van der Waals surface area (Å²) in [6.07, 6.45) is 3.37. The van der Waals surface area contributed by atoms with Gasteiger partial charge in [-0.1, -0.05) is 42.5 Å². The standard InChI is InChI=1S/C18H22N2O2S.ClH/c19-16-8-10-17(11-9-16)20-23(21,22)18-12-6-15(7-13-18)14-4-2-1-3-5-14;/h1-7,12-13,16-17,20H,8-11,19H2;1H. The molecule has 0 bridgehead atoms. The molecule has 1 aliphatic rings. The minimum atomic E-state index is -3.47. The Bertz CT molecular complexity index is 740. The van der Waals surface area contributed by atoms with Crippen LogP contribution in [0.15, 0.2) is 59.5 Å². The van der Waals surface area contributed by atoms with Crippen molar-refractivity contribution < 1.29 is 8.42 Å². The second kappa shape index (κ2) is 8.12. The quantitative estimate of drug-likeness (QED) is 0.871. The number of rotatable bonds is 4. The smallest absolute Gasteiger partial charge is 0.240 e. The van der Waals surface area contributed by atoms with E-state index >= 15 is 0 Å². The van der Waals surface area contributed by atoms with Crippen molar-refractivity contribution in [2.24, 2.45) is 5.73 Å². The van der Waals surface area contributed by atoms with Crippen LogP contribution in [-0.4, -0.2) is 20.5 Å². The number of hydrogen-bond donors (Lipinski definition) is 2. The molecule has 0 aromatic heterocycles. The Morgan fingerprint density at radius 2 is 1.38 bits per heavy atom. The first-order valence-electron chi connectivity index (χ1n) is 7.98. The third-order valence-electron chi connectivity index (χ3n) is 4.37. The normalized spacial score (nSPS) is 21.0. The predicted molar refractivity (Wildman–Crippen MR) is 99.7 cm³/mol. The van der Waals surface area contributed by atoms with E-state index in [0.29, 0.717) is 4.90 Å². The molecule has 0 heterocycles. The second-order valence-electron chi connectivity index (χ2n) is 6.12. The van der Waals surface area contributed by atoms with Gasteiger partial charge in [-0.15, -0.1) is 12.4 Å². The summed E-state index contributed by atoms with van der Waals surface area (Å²) in [7, 11) is -3.47. The van der Waals surface area contributed by atoms with Crippen molar-refractivity contribution in [1.82, 2.24) is 4.72 Å². The van der Waals surface area contributed by atoms with Gasteiger partial charge in [0.1, 0.15) is 0 Å². The molecule has 2 aromatic rings. The Morgan fingerprint density at radius 3 is 1.96 bits per heavy atom. The topological polar surface area (TPSA) is 72.2 Å². The highest BCUT2D eigenvalue weighted by molar-refractivity contribution is 7.89. The summed E-state index contributed by atoms with van der Waals surface area (Å²) < 4.78 is 27.8. The van der Waals surface area contributed by atoms with E-state index in [-0.39, 0.29) is 24.5 Å². The molecule has 130 valence electrons. The Balaban J connectivity index is 0.00000208. The fraction of sp³-hybridized carbons (Fsp3) is 0.333. The van der Waals surface area contributed by atoms with Gasteiger partial charge in [-0.3, -0.25) is 0 Å². The zero-order chi connectivity index (χ0) is 16.3. The van der Waals surface area contributed by atoms with Crippen molar-refractivity contribution in [1.29, 1.82) is 0 Å². The van der Waals surface area contributed by atoms with E-state index in [1.165, 1.54) is 0 Å². The molecule has 4 nitrogen and oxygen atoms in total. The predicted octanol–water partition coefficient (Wildman–Crippen LogP) is 3.32. The molecule has 1 aliphatic carbocycles. The van der Waals surface area contributed by atoms with Gasteiger partial charge in [-0.2, -0.15) is 0 Å². The first-order valence-corrected chi connectivity index (χ1v) is 9.46. The third-order valence-corrected chi connectivity index (χ3v) is 5.90. The number of halogens is 1. The van der Waals surface area contributed by atoms with Crippen LogP contribution in [0.1, 0.15) is 25.7 Å². The fourth-order valence-electron chi connectivity index (χ4n) is 2.98. The molecule has 3 N–H and O–H groups in total. The van der Waals surface area contributed by atoms with Crippen molar-refractivity contribution in [3.05, 3.63) is 54.6 Å². The molecule has 0 spiro atoms. The first kappa shape index (κ1) is 18.9. The minimum Gasteiger partial charge on any atom is -0.328 e. The van der Waals surface area contributed by atoms with Gasteiger partial charge < -0.3 is 5.73 Å². The van der Waals surface area contributed by atoms with Crippen LogP contribution in [0.3, 0.4) is 0 Å². The largest absolute Gasteiger partial charge is 0.328 e. The van der Waals surface area contributed by atoms with Crippen LogP contribution >= 0.6 is 12.4 Å². The maximum absolute atomic E-state index is 12.5. The molecular weight excluding hydrogens is 344 g/mol. The molecule has 0 atom stereocenters. The average Bonchev–Trinajstić information content (AvgIpc) is 2.58. The number of hydrogen-bond acceptors (Lipinski definition) is 3. The molecule has 2 aromatic carbocycles. The van der Waals surface area contributed by atoms with E-state index in [1.807, 2.05) is 42.5 Å². The summed E-state index contributed by atoms with van der Waals surface area (Å²) in [4.78, 5) is 0.312. The van der Waals surface area contributed by atoms with Crippen LogP contribution in [-0.2, 0) is 10.0 Å². The van der Waals surface area contributed by atoms with Gasteiger partial charge in [0.2, 0.25) is 10.0 Å². The minimum absolute atomic E-state index is 0. The molecular formula is C18H23ClN2O2S. The molecule has 6 heteroatoms. The molecule has 0 amide bonds. The van der Waals surface area contributed by atoms with Crippen molar-refractivity contribution in [2.45, 2.75) is 42.7 Å². The van der Waals surface area contributed by atoms with Crippen LogP contribution in [0.4, 0.5) is 0 Å². The van der Waals surface area contributed by atoms with Crippen molar-refractivity contribution in [3.8, 4) is 11.1 Å². The highest BCUT2D eigenvalue weighted by Gasteiger charge is 2.24. The van der Waals surface area contributed by atoms with Gasteiger partial charge in [-0.05, 0) is 48.9 Å². The van der Waals surface area contributed by atoms with Crippen molar-refractivity contribution in [2.75, 3.05) is 0 Å². The SMILES string of the molecule is Cl.NC1CCC(NS(=O)(=O)c2ccc(-c3ccccc3)cc2)CC1. The molecule has 0 unspecified atom stereocenters. The van der Waals surface area contributed by atoms with Crippen LogP contribution in [0, 0.1) is 0 Å². The van der Waals surface area contributed by atoms with Crippen LogP contribution in [0.25, 0.3) is 11.1 Å². The lowest BCUT2D eigenvalue weighted by atomic mass is 9.93. The maximum atomic E-state index is 12.5. The first-order chi connectivity index (χ1) is 11.0. The molecule has 0 radical (unpaired) electrons. The van der Waals surface area contributed by atoms with Gasteiger partial charge in [0, 0.05) is 12.1 Å². The zero-order valence-corrected chi connectivity index (χ0v) is 15.0. The Labute approximate surface area is 149 Å². The summed E-state index contributed by atoms with van der Waals surface area (Å²) in [6.45, 7) is 0. The second-order valence-corrected chi connectivity index (χ2v) is 7.84. The Kier molecular flexibility index (Phi) is 6.40. The molecule has 3 rings (SSSR count). The van der Waals surface area contributed by atoms with E-state index in [4.69, 9.17) is 5.73 Å². The van der Waals surface area contributed by atoms with Gasteiger partial charge >= 0.3 is 0 Å². The Morgan fingerprint density at radius 1 is 0.833 bits per heavy atom. The maximum Gasteiger partial charge on any atom is 0.240 e. The van der Waals surface area contributed by atoms with E-state index < -0.39 is 10.0 Å². The van der Waals surface area contributed by atoms with Gasteiger partial charge in [0.25, 0.3) is 0 Å². The summed E-state index contributed by atoms with van der Waals surface area (Å²) >= 11 is 0. The molecule has 0 aliphatic heterocycles. The van der Waals surface area contributed by atoms with E-state index in [2.05, 4.69) is 4.72 Å².